The summed E-state index contributed by atoms with van der Waals surface area (Å²) in [6, 6.07) is 5.40. The Morgan fingerprint density at radius 1 is 1.56 bits per heavy atom. The highest BCUT2D eigenvalue weighted by Crippen LogP contribution is 2.21. The zero-order valence-electron chi connectivity index (χ0n) is 9.69. The number of piperazine rings is 1. The van der Waals surface area contributed by atoms with Gasteiger partial charge in [-0.1, -0.05) is 0 Å². The van der Waals surface area contributed by atoms with Crippen molar-refractivity contribution in [3.63, 3.8) is 0 Å². The number of nitriles is 1. The zero-order valence-corrected chi connectivity index (χ0v) is 9.69. The smallest absolute Gasteiger partial charge is 0.241 e. The van der Waals surface area contributed by atoms with Gasteiger partial charge in [-0.25, -0.2) is 4.39 Å². The van der Waals surface area contributed by atoms with E-state index in [-0.39, 0.29) is 5.56 Å². The molecule has 0 saturated carbocycles. The van der Waals surface area contributed by atoms with Gasteiger partial charge < -0.3 is 16.0 Å². The van der Waals surface area contributed by atoms with Crippen LogP contribution in [0.2, 0.25) is 0 Å². The van der Waals surface area contributed by atoms with Crippen LogP contribution in [0.4, 0.5) is 10.1 Å². The Balaban J connectivity index is 2.36. The number of carbonyl (C=O) groups excluding carboxylic acids is 1. The third-order valence-electron chi connectivity index (χ3n) is 2.92. The summed E-state index contributed by atoms with van der Waals surface area (Å²) < 4.78 is 13.4. The van der Waals surface area contributed by atoms with Crippen molar-refractivity contribution >= 4 is 11.6 Å². The summed E-state index contributed by atoms with van der Waals surface area (Å²) in [5.41, 5.74) is 6.06. The maximum atomic E-state index is 13.4. The number of hydrogen-bond donors (Lipinski definition) is 2. The summed E-state index contributed by atoms with van der Waals surface area (Å²) >= 11 is 0. The van der Waals surface area contributed by atoms with Gasteiger partial charge in [0.25, 0.3) is 0 Å². The van der Waals surface area contributed by atoms with Gasteiger partial charge >= 0.3 is 0 Å². The second-order valence-corrected chi connectivity index (χ2v) is 4.13. The van der Waals surface area contributed by atoms with E-state index in [0.29, 0.717) is 25.3 Å². The molecule has 1 atom stereocenters. The van der Waals surface area contributed by atoms with Crippen LogP contribution in [0, 0.1) is 17.1 Å². The van der Waals surface area contributed by atoms with E-state index in [1.807, 2.05) is 6.07 Å². The van der Waals surface area contributed by atoms with Gasteiger partial charge in [-0.15, -0.1) is 0 Å². The quantitative estimate of drug-likeness (QED) is 0.769. The third-order valence-corrected chi connectivity index (χ3v) is 2.92. The molecule has 2 rings (SSSR count). The average Bonchev–Trinajstić information content (AvgIpc) is 2.38. The van der Waals surface area contributed by atoms with Gasteiger partial charge in [-0.3, -0.25) is 4.79 Å². The fraction of sp³-hybridized carbons (Fsp3) is 0.333. The van der Waals surface area contributed by atoms with Crippen LogP contribution in [0.25, 0.3) is 0 Å². The molecule has 18 heavy (non-hydrogen) atoms. The van der Waals surface area contributed by atoms with Crippen LogP contribution in [-0.2, 0) is 4.79 Å². The number of halogens is 1. The van der Waals surface area contributed by atoms with Gasteiger partial charge in [0.2, 0.25) is 5.91 Å². The molecule has 94 valence electrons. The molecule has 1 aromatic carbocycles. The number of nitrogens with one attached hydrogen (secondary N) is 1. The lowest BCUT2D eigenvalue weighted by atomic mass is 10.1. The molecule has 1 fully saturated rings. The number of primary amides is 1. The maximum absolute atomic E-state index is 13.4. The zero-order chi connectivity index (χ0) is 13.1. The molecule has 0 radical (unpaired) electrons. The molecule has 1 aromatic rings. The number of rotatable bonds is 2. The minimum absolute atomic E-state index is 0.228. The first-order valence-electron chi connectivity index (χ1n) is 5.59. The predicted octanol–water partition coefficient (Wildman–Crippen LogP) is -0.0391. The van der Waals surface area contributed by atoms with Gasteiger partial charge in [0.15, 0.2) is 0 Å². The van der Waals surface area contributed by atoms with E-state index in [2.05, 4.69) is 5.32 Å². The van der Waals surface area contributed by atoms with Crippen LogP contribution >= 0.6 is 0 Å². The largest absolute Gasteiger partial charge is 0.368 e. The van der Waals surface area contributed by atoms with Gasteiger partial charge in [-0.05, 0) is 18.2 Å². The van der Waals surface area contributed by atoms with Crippen molar-refractivity contribution in [2.75, 3.05) is 24.5 Å². The van der Waals surface area contributed by atoms with E-state index >= 15 is 0 Å². The number of amides is 1. The Bertz CT molecular complexity index is 511. The van der Waals surface area contributed by atoms with E-state index < -0.39 is 17.8 Å². The van der Waals surface area contributed by atoms with Gasteiger partial charge in [0.05, 0.1) is 11.6 Å². The average molecular weight is 248 g/mol. The van der Waals surface area contributed by atoms with Crippen LogP contribution in [0.15, 0.2) is 18.2 Å². The van der Waals surface area contributed by atoms with Gasteiger partial charge in [0.1, 0.15) is 11.9 Å². The van der Waals surface area contributed by atoms with Crippen molar-refractivity contribution < 1.29 is 9.18 Å². The number of carbonyl (C=O) groups is 1. The summed E-state index contributed by atoms with van der Waals surface area (Å²) in [6.45, 7) is 1.65. The van der Waals surface area contributed by atoms with Crippen molar-refractivity contribution in [1.82, 2.24) is 5.32 Å². The van der Waals surface area contributed by atoms with E-state index in [1.165, 1.54) is 6.07 Å². The molecule has 5 nitrogen and oxygen atoms in total. The topological polar surface area (TPSA) is 82.2 Å². The summed E-state index contributed by atoms with van der Waals surface area (Å²) in [5, 5.41) is 11.9. The fourth-order valence-electron chi connectivity index (χ4n) is 2.07. The summed E-state index contributed by atoms with van der Waals surface area (Å²) in [6.07, 6.45) is 0. The molecule has 1 aliphatic rings. The second kappa shape index (κ2) is 5.02. The highest BCUT2D eigenvalue weighted by molar-refractivity contribution is 5.84. The minimum atomic E-state index is -0.521. The van der Waals surface area contributed by atoms with E-state index in [0.717, 1.165) is 6.07 Å². The highest BCUT2D eigenvalue weighted by atomic mass is 19.1. The van der Waals surface area contributed by atoms with Crippen LogP contribution in [0.5, 0.6) is 0 Å². The van der Waals surface area contributed by atoms with Crippen LogP contribution in [0.3, 0.4) is 0 Å². The molecule has 0 aromatic heterocycles. The Labute approximate surface area is 104 Å². The molecule has 3 N–H and O–H groups in total. The second-order valence-electron chi connectivity index (χ2n) is 4.13. The standard InChI is InChI=1S/C12H13FN4O/c13-9-3-8(6-14)4-10(5-9)17-2-1-16-7-11(17)12(15)18/h3-5,11,16H,1-2,7H2,(H2,15,18). The summed E-state index contributed by atoms with van der Waals surface area (Å²) in [4.78, 5) is 13.1. The fourth-order valence-corrected chi connectivity index (χ4v) is 2.07. The van der Waals surface area contributed by atoms with E-state index in [4.69, 9.17) is 11.0 Å². The third kappa shape index (κ3) is 2.41. The maximum Gasteiger partial charge on any atom is 0.241 e. The molecule has 6 heteroatoms. The van der Waals surface area contributed by atoms with Crippen LogP contribution in [0.1, 0.15) is 5.56 Å². The number of hydrogen-bond acceptors (Lipinski definition) is 4. The Hall–Kier alpha value is -2.13. The van der Waals surface area contributed by atoms with Crippen molar-refractivity contribution in [3.8, 4) is 6.07 Å². The summed E-state index contributed by atoms with van der Waals surface area (Å²) in [5.74, 6) is -0.962. The van der Waals surface area contributed by atoms with Crippen molar-refractivity contribution in [2.45, 2.75) is 6.04 Å². The molecule has 0 spiro atoms. The predicted molar refractivity (Wildman–Crippen MR) is 64.3 cm³/mol. The van der Waals surface area contributed by atoms with Crippen molar-refractivity contribution in [1.29, 1.82) is 5.26 Å². The number of nitrogens with two attached hydrogens (primary N) is 1. The van der Waals surface area contributed by atoms with Crippen molar-refractivity contribution in [3.05, 3.63) is 29.6 Å². The molecule has 1 amide bonds. The Morgan fingerprint density at radius 2 is 2.33 bits per heavy atom. The first-order chi connectivity index (χ1) is 8.61. The van der Waals surface area contributed by atoms with E-state index in [1.54, 1.807) is 11.0 Å². The molecular weight excluding hydrogens is 235 g/mol. The van der Waals surface area contributed by atoms with Gasteiger partial charge in [0, 0.05) is 25.3 Å². The van der Waals surface area contributed by atoms with Crippen molar-refractivity contribution in [2.24, 2.45) is 5.73 Å². The van der Waals surface area contributed by atoms with Crippen LogP contribution < -0.4 is 16.0 Å². The molecule has 0 aliphatic carbocycles. The lowest BCUT2D eigenvalue weighted by molar-refractivity contribution is -0.119. The lowest BCUT2D eigenvalue weighted by Gasteiger charge is -2.36. The SMILES string of the molecule is N#Cc1cc(F)cc(N2CCNCC2C(N)=O)c1. The first kappa shape index (κ1) is 12.3. The Morgan fingerprint density at radius 3 is 3.00 bits per heavy atom. The van der Waals surface area contributed by atoms with Crippen LogP contribution in [-0.4, -0.2) is 31.6 Å². The molecule has 1 aliphatic heterocycles. The number of anilines is 1. The highest BCUT2D eigenvalue weighted by Gasteiger charge is 2.27. The molecule has 0 bridgehead atoms. The molecule has 1 unspecified atom stereocenters. The van der Waals surface area contributed by atoms with Gasteiger partial charge in [-0.2, -0.15) is 5.26 Å². The molecular formula is C12H13FN4O. The summed E-state index contributed by atoms with van der Waals surface area (Å²) in [7, 11) is 0. The normalized spacial score (nSPS) is 19.3. The molecule has 1 heterocycles. The monoisotopic (exact) mass is 248 g/mol. The lowest BCUT2D eigenvalue weighted by Crippen LogP contribution is -2.57. The van der Waals surface area contributed by atoms with E-state index in [9.17, 15) is 9.18 Å². The molecule has 1 saturated heterocycles. The first-order valence-corrected chi connectivity index (χ1v) is 5.59. The number of benzene rings is 1. The number of nitrogens with zero attached hydrogens (tertiary/aromatic N) is 2. The Kier molecular flexibility index (Phi) is 3.44. The minimum Gasteiger partial charge on any atom is -0.368 e.